The fourth-order valence-corrected chi connectivity index (χ4v) is 3.26. The highest BCUT2D eigenvalue weighted by Gasteiger charge is 2.23. The van der Waals surface area contributed by atoms with E-state index in [0.717, 1.165) is 43.9 Å². The third kappa shape index (κ3) is 3.96. The smallest absolute Gasteiger partial charge is 0.251 e. The number of amides is 1. The lowest BCUT2D eigenvalue weighted by atomic mass is 10.2. The van der Waals surface area contributed by atoms with E-state index in [1.807, 2.05) is 6.92 Å². The summed E-state index contributed by atoms with van der Waals surface area (Å²) in [5.74, 6) is 0.184. The molecule has 1 fully saturated rings. The van der Waals surface area contributed by atoms with Gasteiger partial charge in [-0.1, -0.05) is 5.16 Å². The second-order valence-electron chi connectivity index (χ2n) is 6.57. The van der Waals surface area contributed by atoms with Crippen LogP contribution in [0.2, 0.25) is 0 Å². The lowest BCUT2D eigenvalue weighted by molar-refractivity contribution is -0.139. The van der Waals surface area contributed by atoms with Gasteiger partial charge in [-0.25, -0.2) is 4.39 Å². The lowest BCUT2D eigenvalue weighted by Gasteiger charge is -2.35. The van der Waals surface area contributed by atoms with Crippen LogP contribution >= 0.6 is 0 Å². The van der Waals surface area contributed by atoms with E-state index in [2.05, 4.69) is 15.0 Å². The van der Waals surface area contributed by atoms with Gasteiger partial charge in [-0.3, -0.25) is 9.69 Å². The van der Waals surface area contributed by atoms with Gasteiger partial charge in [-0.05, 0) is 26.0 Å². The van der Waals surface area contributed by atoms with Crippen molar-refractivity contribution in [3.63, 3.8) is 0 Å². The summed E-state index contributed by atoms with van der Waals surface area (Å²) in [6.45, 7) is 8.63. The molecule has 7 nitrogen and oxygen atoms in total. The molecular formula is C18H25FN4O3. The number of halogens is 1. The van der Waals surface area contributed by atoms with E-state index < -0.39 is 6.10 Å². The summed E-state index contributed by atoms with van der Waals surface area (Å²) in [6.07, 6.45) is -0.961. The Hall–Kier alpha value is -2.19. The Balaban J connectivity index is 1.55. The number of aromatic nitrogens is 1. The fourth-order valence-electron chi connectivity index (χ4n) is 3.26. The van der Waals surface area contributed by atoms with E-state index in [1.54, 1.807) is 11.0 Å². The van der Waals surface area contributed by atoms with Crippen molar-refractivity contribution >= 4 is 22.7 Å². The first kappa shape index (κ1) is 18.6. The molecule has 1 amide bonds. The van der Waals surface area contributed by atoms with Crippen LogP contribution in [0.3, 0.4) is 0 Å². The average Bonchev–Trinajstić information content (AvgIpc) is 3.05. The largest absolute Gasteiger partial charge is 0.384 e. The average molecular weight is 364 g/mol. The molecule has 0 saturated carbocycles. The SMILES string of the molecule is CCN(CCN1CCN(c2noc3cc(F)ccc23)CC1)C(=O)C(C)O. The van der Waals surface area contributed by atoms with Gasteiger partial charge in [-0.15, -0.1) is 0 Å². The van der Waals surface area contributed by atoms with Crippen LogP contribution in [0.15, 0.2) is 22.7 Å². The molecule has 0 radical (unpaired) electrons. The number of aliphatic hydroxyl groups is 1. The summed E-state index contributed by atoms with van der Waals surface area (Å²) in [5, 5.41) is 14.4. The van der Waals surface area contributed by atoms with Gasteiger partial charge in [0.2, 0.25) is 0 Å². The van der Waals surface area contributed by atoms with Crippen LogP contribution < -0.4 is 4.90 Å². The molecule has 0 aliphatic carbocycles. The van der Waals surface area contributed by atoms with Crippen molar-refractivity contribution in [1.82, 2.24) is 15.0 Å². The number of anilines is 1. The number of carbonyl (C=O) groups is 1. The van der Waals surface area contributed by atoms with Gasteiger partial charge in [0, 0.05) is 51.9 Å². The molecule has 26 heavy (non-hydrogen) atoms. The second-order valence-corrected chi connectivity index (χ2v) is 6.57. The molecule has 1 N–H and O–H groups in total. The van der Waals surface area contributed by atoms with E-state index in [0.29, 0.717) is 18.7 Å². The topological polar surface area (TPSA) is 73.0 Å². The molecule has 1 aromatic heterocycles. The van der Waals surface area contributed by atoms with Crippen molar-refractivity contribution in [1.29, 1.82) is 0 Å². The zero-order chi connectivity index (χ0) is 18.7. The summed E-state index contributed by atoms with van der Waals surface area (Å²) in [7, 11) is 0. The van der Waals surface area contributed by atoms with Gasteiger partial charge in [0.15, 0.2) is 11.4 Å². The normalized spacial score (nSPS) is 16.8. The molecule has 0 spiro atoms. The molecule has 2 heterocycles. The predicted octanol–water partition coefficient (Wildman–Crippen LogP) is 1.32. The molecule has 1 atom stereocenters. The van der Waals surface area contributed by atoms with Gasteiger partial charge in [0.05, 0.1) is 5.39 Å². The van der Waals surface area contributed by atoms with Crippen molar-refractivity contribution in [2.75, 3.05) is 50.7 Å². The first-order valence-electron chi connectivity index (χ1n) is 8.98. The highest BCUT2D eigenvalue weighted by molar-refractivity contribution is 5.88. The summed E-state index contributed by atoms with van der Waals surface area (Å²) in [5.41, 5.74) is 0.456. The van der Waals surface area contributed by atoms with E-state index in [9.17, 15) is 14.3 Å². The Kier molecular flexibility index (Phi) is 5.73. The van der Waals surface area contributed by atoms with Crippen LogP contribution in [-0.2, 0) is 4.79 Å². The number of piperazine rings is 1. The zero-order valence-corrected chi connectivity index (χ0v) is 15.2. The second kappa shape index (κ2) is 8.01. The van der Waals surface area contributed by atoms with Crippen LogP contribution in [0.1, 0.15) is 13.8 Å². The molecule has 0 bridgehead atoms. The van der Waals surface area contributed by atoms with Gasteiger partial charge >= 0.3 is 0 Å². The van der Waals surface area contributed by atoms with Crippen molar-refractivity contribution in [2.24, 2.45) is 0 Å². The molecule has 8 heteroatoms. The van der Waals surface area contributed by atoms with Crippen molar-refractivity contribution in [3.8, 4) is 0 Å². The molecule has 3 rings (SSSR count). The number of hydrogen-bond acceptors (Lipinski definition) is 6. The number of fused-ring (bicyclic) bond motifs is 1. The lowest BCUT2D eigenvalue weighted by Crippen LogP contribution is -2.49. The highest BCUT2D eigenvalue weighted by Crippen LogP contribution is 2.27. The maximum Gasteiger partial charge on any atom is 0.251 e. The fraction of sp³-hybridized carbons (Fsp3) is 0.556. The van der Waals surface area contributed by atoms with Crippen molar-refractivity contribution in [3.05, 3.63) is 24.0 Å². The molecule has 142 valence electrons. The summed E-state index contributed by atoms with van der Waals surface area (Å²) in [4.78, 5) is 18.0. The van der Waals surface area contributed by atoms with E-state index >= 15 is 0 Å². The van der Waals surface area contributed by atoms with Crippen LogP contribution in [0.5, 0.6) is 0 Å². The molecule has 2 aromatic rings. The third-order valence-corrected chi connectivity index (χ3v) is 4.82. The molecule has 1 aliphatic heterocycles. The number of hydrogen-bond donors (Lipinski definition) is 1. The Morgan fingerprint density at radius 1 is 1.38 bits per heavy atom. The van der Waals surface area contributed by atoms with E-state index in [4.69, 9.17) is 4.52 Å². The number of rotatable bonds is 6. The maximum atomic E-state index is 13.3. The Morgan fingerprint density at radius 2 is 2.12 bits per heavy atom. The van der Waals surface area contributed by atoms with Crippen LogP contribution in [0.4, 0.5) is 10.2 Å². The number of aliphatic hydroxyl groups excluding tert-OH is 1. The monoisotopic (exact) mass is 364 g/mol. The summed E-state index contributed by atoms with van der Waals surface area (Å²) < 4.78 is 18.5. The molecular weight excluding hydrogens is 339 g/mol. The molecule has 1 aliphatic rings. The first-order valence-corrected chi connectivity index (χ1v) is 8.98. The van der Waals surface area contributed by atoms with E-state index in [1.165, 1.54) is 19.1 Å². The van der Waals surface area contributed by atoms with Gasteiger partial charge in [0.1, 0.15) is 11.9 Å². The maximum absolute atomic E-state index is 13.3. The van der Waals surface area contributed by atoms with Gasteiger partial charge < -0.3 is 19.4 Å². The quantitative estimate of drug-likeness (QED) is 0.833. The van der Waals surface area contributed by atoms with Crippen molar-refractivity contribution < 1.29 is 18.8 Å². The Labute approximate surface area is 151 Å². The number of benzene rings is 1. The standard InChI is InChI=1S/C18H25FN4O3/c1-3-22(18(25)13(2)24)9-6-21-7-10-23(11-8-21)17-15-5-4-14(19)12-16(15)26-20-17/h4-5,12-13,24H,3,6-11H2,1-2H3. The van der Waals surface area contributed by atoms with Crippen LogP contribution in [-0.4, -0.2) is 77.9 Å². The highest BCUT2D eigenvalue weighted by atomic mass is 19.1. The van der Waals surface area contributed by atoms with Crippen LogP contribution in [0.25, 0.3) is 11.0 Å². The Bertz CT molecular complexity index is 756. The molecule has 1 unspecified atom stereocenters. The first-order chi connectivity index (χ1) is 12.5. The van der Waals surface area contributed by atoms with Gasteiger partial charge in [0.25, 0.3) is 5.91 Å². The number of nitrogens with zero attached hydrogens (tertiary/aromatic N) is 4. The van der Waals surface area contributed by atoms with Crippen molar-refractivity contribution in [2.45, 2.75) is 20.0 Å². The molecule has 1 saturated heterocycles. The Morgan fingerprint density at radius 3 is 2.77 bits per heavy atom. The minimum absolute atomic E-state index is 0.229. The third-order valence-electron chi connectivity index (χ3n) is 4.82. The van der Waals surface area contributed by atoms with Gasteiger partial charge in [-0.2, -0.15) is 0 Å². The number of carbonyl (C=O) groups excluding carboxylic acids is 1. The number of likely N-dealkylation sites (N-methyl/N-ethyl adjacent to an activating group) is 1. The van der Waals surface area contributed by atoms with Crippen LogP contribution in [0, 0.1) is 5.82 Å². The van der Waals surface area contributed by atoms with E-state index in [-0.39, 0.29) is 11.7 Å². The molecule has 1 aromatic carbocycles. The zero-order valence-electron chi connectivity index (χ0n) is 15.2. The predicted molar refractivity (Wildman–Crippen MR) is 96.6 cm³/mol. The summed E-state index contributed by atoms with van der Waals surface area (Å²) >= 11 is 0. The summed E-state index contributed by atoms with van der Waals surface area (Å²) in [6, 6.07) is 4.46. The minimum Gasteiger partial charge on any atom is -0.384 e. The minimum atomic E-state index is -0.961.